The molecular weight excluding hydrogens is 254 g/mol. The van der Waals surface area contributed by atoms with Gasteiger partial charge in [0, 0.05) is 12.5 Å². The van der Waals surface area contributed by atoms with E-state index in [1.165, 1.54) is 20.0 Å². The van der Waals surface area contributed by atoms with E-state index in [9.17, 15) is 13.2 Å². The Kier molecular flexibility index (Phi) is 6.63. The maximum Gasteiger partial charge on any atom is 0.305 e. The van der Waals surface area contributed by atoms with Crippen LogP contribution in [-0.2, 0) is 19.6 Å². The van der Waals surface area contributed by atoms with E-state index in [-0.39, 0.29) is 24.2 Å². The van der Waals surface area contributed by atoms with Crippen molar-refractivity contribution in [2.45, 2.75) is 57.4 Å². The standard InChI is InChI=1S/C12H23NO4S/c1-17-12(14)9-6-10-18(15,16)13-11-7-4-2-3-5-8-11/h11,13H,2-10H2,1H3. The lowest BCUT2D eigenvalue weighted by molar-refractivity contribution is -0.140. The van der Waals surface area contributed by atoms with Crippen molar-refractivity contribution in [1.29, 1.82) is 0 Å². The van der Waals surface area contributed by atoms with Crippen LogP contribution in [0.2, 0.25) is 0 Å². The van der Waals surface area contributed by atoms with Crippen LogP contribution in [-0.4, -0.2) is 33.3 Å². The lowest BCUT2D eigenvalue weighted by Gasteiger charge is -2.16. The zero-order valence-electron chi connectivity index (χ0n) is 11.0. The Morgan fingerprint density at radius 1 is 1.22 bits per heavy atom. The smallest absolute Gasteiger partial charge is 0.305 e. The lowest BCUT2D eigenvalue weighted by Crippen LogP contribution is -2.36. The summed E-state index contributed by atoms with van der Waals surface area (Å²) in [6.07, 6.45) is 6.90. The first kappa shape index (κ1) is 15.4. The van der Waals surface area contributed by atoms with Gasteiger partial charge in [-0.1, -0.05) is 25.7 Å². The van der Waals surface area contributed by atoms with E-state index in [2.05, 4.69) is 9.46 Å². The monoisotopic (exact) mass is 277 g/mol. The summed E-state index contributed by atoms with van der Waals surface area (Å²) in [4.78, 5) is 10.9. The summed E-state index contributed by atoms with van der Waals surface area (Å²) in [7, 11) is -1.95. The lowest BCUT2D eigenvalue weighted by atomic mass is 10.1. The summed E-state index contributed by atoms with van der Waals surface area (Å²) in [5, 5.41) is 0. The molecule has 0 aromatic rings. The Bertz CT molecular complexity index is 345. The maximum atomic E-state index is 11.8. The molecular formula is C12H23NO4S. The summed E-state index contributed by atoms with van der Waals surface area (Å²) in [5.41, 5.74) is 0. The highest BCUT2D eigenvalue weighted by Crippen LogP contribution is 2.18. The Labute approximate surface area is 109 Å². The average Bonchev–Trinajstić information content (AvgIpc) is 2.56. The van der Waals surface area contributed by atoms with Crippen molar-refractivity contribution >= 4 is 16.0 Å². The van der Waals surface area contributed by atoms with Crippen LogP contribution in [0.5, 0.6) is 0 Å². The molecule has 1 aliphatic rings. The van der Waals surface area contributed by atoms with Gasteiger partial charge >= 0.3 is 5.97 Å². The van der Waals surface area contributed by atoms with Gasteiger partial charge in [-0.05, 0) is 19.3 Å². The number of rotatable bonds is 6. The van der Waals surface area contributed by atoms with Crippen molar-refractivity contribution in [2.75, 3.05) is 12.9 Å². The van der Waals surface area contributed by atoms with E-state index in [0.29, 0.717) is 6.42 Å². The van der Waals surface area contributed by atoms with Crippen LogP contribution >= 0.6 is 0 Å². The van der Waals surface area contributed by atoms with Gasteiger partial charge in [-0.25, -0.2) is 13.1 Å². The highest BCUT2D eigenvalue weighted by atomic mass is 32.2. The van der Waals surface area contributed by atoms with Gasteiger partial charge in [0.15, 0.2) is 0 Å². The fourth-order valence-corrected chi connectivity index (χ4v) is 3.60. The first-order valence-electron chi connectivity index (χ1n) is 6.60. The fraction of sp³-hybridized carbons (Fsp3) is 0.917. The predicted molar refractivity (Wildman–Crippen MR) is 69.7 cm³/mol. The highest BCUT2D eigenvalue weighted by Gasteiger charge is 2.19. The van der Waals surface area contributed by atoms with Gasteiger partial charge in [0.25, 0.3) is 0 Å². The number of ether oxygens (including phenoxy) is 1. The molecule has 0 amide bonds. The maximum absolute atomic E-state index is 11.8. The van der Waals surface area contributed by atoms with E-state index in [0.717, 1.165) is 25.7 Å². The number of hydrogen-bond donors (Lipinski definition) is 1. The third-order valence-corrected chi connectivity index (χ3v) is 4.74. The minimum Gasteiger partial charge on any atom is -0.469 e. The molecule has 0 heterocycles. The van der Waals surface area contributed by atoms with E-state index in [1.807, 2.05) is 0 Å². The van der Waals surface area contributed by atoms with Gasteiger partial charge in [-0.15, -0.1) is 0 Å². The van der Waals surface area contributed by atoms with Gasteiger partial charge in [-0.3, -0.25) is 4.79 Å². The van der Waals surface area contributed by atoms with Crippen LogP contribution in [0, 0.1) is 0 Å². The van der Waals surface area contributed by atoms with Crippen molar-refractivity contribution in [3.05, 3.63) is 0 Å². The number of hydrogen-bond acceptors (Lipinski definition) is 4. The SMILES string of the molecule is COC(=O)CCCS(=O)(=O)NC1CCCCCC1. The van der Waals surface area contributed by atoms with Gasteiger partial charge in [0.2, 0.25) is 10.0 Å². The molecule has 0 aromatic heterocycles. The Morgan fingerprint density at radius 2 is 1.83 bits per heavy atom. The Morgan fingerprint density at radius 3 is 2.39 bits per heavy atom. The first-order valence-corrected chi connectivity index (χ1v) is 8.25. The van der Waals surface area contributed by atoms with E-state index < -0.39 is 10.0 Å². The minimum absolute atomic E-state index is 0.00139. The Balaban J connectivity index is 2.31. The number of sulfonamides is 1. The molecule has 6 heteroatoms. The molecule has 1 N–H and O–H groups in total. The number of nitrogens with one attached hydrogen (secondary N) is 1. The zero-order valence-corrected chi connectivity index (χ0v) is 11.8. The second kappa shape index (κ2) is 7.74. The van der Waals surface area contributed by atoms with E-state index >= 15 is 0 Å². The second-order valence-electron chi connectivity index (χ2n) is 4.80. The molecule has 18 heavy (non-hydrogen) atoms. The normalized spacial score (nSPS) is 18.3. The molecule has 1 saturated carbocycles. The minimum atomic E-state index is -3.26. The summed E-state index contributed by atoms with van der Waals surface area (Å²) < 4.78 is 30.9. The largest absolute Gasteiger partial charge is 0.469 e. The van der Waals surface area contributed by atoms with E-state index in [4.69, 9.17) is 0 Å². The third-order valence-electron chi connectivity index (χ3n) is 3.22. The van der Waals surface area contributed by atoms with Crippen LogP contribution in [0.3, 0.4) is 0 Å². The molecule has 0 saturated heterocycles. The summed E-state index contributed by atoms with van der Waals surface area (Å²) in [5.74, 6) is -0.363. The molecule has 1 fully saturated rings. The van der Waals surface area contributed by atoms with Gasteiger partial charge in [-0.2, -0.15) is 0 Å². The highest BCUT2D eigenvalue weighted by molar-refractivity contribution is 7.89. The fourth-order valence-electron chi connectivity index (χ4n) is 2.22. The molecule has 5 nitrogen and oxygen atoms in total. The van der Waals surface area contributed by atoms with Crippen molar-refractivity contribution in [1.82, 2.24) is 4.72 Å². The molecule has 1 aliphatic carbocycles. The molecule has 0 spiro atoms. The van der Waals surface area contributed by atoms with Gasteiger partial charge in [0.05, 0.1) is 12.9 Å². The van der Waals surface area contributed by atoms with Crippen LogP contribution < -0.4 is 4.72 Å². The quantitative estimate of drug-likeness (QED) is 0.591. The molecule has 0 radical (unpaired) electrons. The van der Waals surface area contributed by atoms with Gasteiger partial charge < -0.3 is 4.74 Å². The van der Waals surface area contributed by atoms with Crippen molar-refractivity contribution in [3.8, 4) is 0 Å². The predicted octanol–water partition coefficient (Wildman–Crippen LogP) is 1.58. The molecule has 0 bridgehead atoms. The molecule has 106 valence electrons. The summed E-state index contributed by atoms with van der Waals surface area (Å²) in [6.45, 7) is 0. The van der Waals surface area contributed by atoms with Gasteiger partial charge in [0.1, 0.15) is 0 Å². The van der Waals surface area contributed by atoms with Crippen LogP contribution in [0.4, 0.5) is 0 Å². The molecule has 0 aromatic carbocycles. The van der Waals surface area contributed by atoms with Crippen molar-refractivity contribution in [2.24, 2.45) is 0 Å². The Hall–Kier alpha value is -0.620. The van der Waals surface area contributed by atoms with E-state index in [1.54, 1.807) is 0 Å². The number of methoxy groups -OCH3 is 1. The molecule has 0 unspecified atom stereocenters. The second-order valence-corrected chi connectivity index (χ2v) is 6.68. The van der Waals surface area contributed by atoms with Crippen molar-refractivity contribution < 1.29 is 17.9 Å². The number of carbonyl (C=O) groups is 1. The van der Waals surface area contributed by atoms with Crippen molar-refractivity contribution in [3.63, 3.8) is 0 Å². The molecule has 0 aliphatic heterocycles. The number of esters is 1. The van der Waals surface area contributed by atoms with Crippen LogP contribution in [0.1, 0.15) is 51.4 Å². The molecule has 0 atom stereocenters. The van der Waals surface area contributed by atoms with Crippen LogP contribution in [0.15, 0.2) is 0 Å². The third kappa shape index (κ3) is 6.35. The summed E-state index contributed by atoms with van der Waals surface area (Å²) in [6, 6.07) is 0.0793. The zero-order chi connectivity index (χ0) is 13.4. The average molecular weight is 277 g/mol. The number of carbonyl (C=O) groups excluding carboxylic acids is 1. The molecule has 1 rings (SSSR count). The first-order chi connectivity index (χ1) is 8.53. The summed E-state index contributed by atoms with van der Waals surface area (Å²) >= 11 is 0. The topological polar surface area (TPSA) is 72.5 Å². The van der Waals surface area contributed by atoms with Crippen LogP contribution in [0.25, 0.3) is 0 Å².